The van der Waals surface area contributed by atoms with Gasteiger partial charge in [-0.3, -0.25) is 4.90 Å². The molecule has 1 aliphatic heterocycles. The van der Waals surface area contributed by atoms with E-state index < -0.39 is 0 Å². The number of unbranched alkanes of at least 4 members (excludes halogenated alkanes) is 1. The van der Waals surface area contributed by atoms with E-state index in [1.165, 1.54) is 30.5 Å². The molecule has 0 saturated heterocycles. The van der Waals surface area contributed by atoms with Crippen molar-refractivity contribution in [3.05, 3.63) is 29.3 Å². The van der Waals surface area contributed by atoms with Gasteiger partial charge in [-0.25, -0.2) is 0 Å². The first kappa shape index (κ1) is 9.53. The Hall–Kier alpha value is -1.02. The van der Waals surface area contributed by atoms with Crippen molar-refractivity contribution in [2.75, 3.05) is 12.3 Å². The summed E-state index contributed by atoms with van der Waals surface area (Å²) in [6, 6.07) is 6.25. The van der Waals surface area contributed by atoms with Gasteiger partial charge in [0, 0.05) is 18.8 Å². The second-order valence-corrected chi connectivity index (χ2v) is 4.05. The van der Waals surface area contributed by atoms with Gasteiger partial charge in [0.15, 0.2) is 0 Å². The quantitative estimate of drug-likeness (QED) is 0.741. The lowest BCUT2D eigenvalue weighted by molar-refractivity contribution is 0.279. The summed E-state index contributed by atoms with van der Waals surface area (Å²) >= 11 is 0. The number of anilines is 1. The van der Waals surface area contributed by atoms with E-state index in [4.69, 9.17) is 5.73 Å². The molecule has 1 aliphatic rings. The molecule has 14 heavy (non-hydrogen) atoms. The van der Waals surface area contributed by atoms with E-state index in [0.717, 1.165) is 18.8 Å². The molecule has 0 fully saturated rings. The van der Waals surface area contributed by atoms with E-state index in [1.54, 1.807) is 0 Å². The van der Waals surface area contributed by atoms with E-state index in [0.29, 0.717) is 0 Å². The fraction of sp³-hybridized carbons (Fsp3) is 0.500. The number of nitrogen functional groups attached to an aromatic ring is 1. The smallest absolute Gasteiger partial charge is 0.0363 e. The Labute approximate surface area is 85.7 Å². The largest absolute Gasteiger partial charge is 0.398 e. The average Bonchev–Trinajstić information content (AvgIpc) is 2.59. The fourth-order valence-electron chi connectivity index (χ4n) is 2.06. The monoisotopic (exact) mass is 190 g/mol. The number of benzene rings is 1. The second kappa shape index (κ2) is 4.01. The topological polar surface area (TPSA) is 29.3 Å². The molecule has 2 nitrogen and oxygen atoms in total. The van der Waals surface area contributed by atoms with Crippen molar-refractivity contribution in [2.24, 2.45) is 0 Å². The summed E-state index contributed by atoms with van der Waals surface area (Å²) in [5.74, 6) is 0. The third-order valence-corrected chi connectivity index (χ3v) is 2.91. The average molecular weight is 190 g/mol. The normalized spacial score (nSPS) is 15.8. The maximum absolute atomic E-state index is 5.94. The van der Waals surface area contributed by atoms with Gasteiger partial charge in [-0.1, -0.05) is 25.5 Å². The molecule has 1 heterocycles. The van der Waals surface area contributed by atoms with Gasteiger partial charge in [0.1, 0.15) is 0 Å². The van der Waals surface area contributed by atoms with Gasteiger partial charge < -0.3 is 5.73 Å². The minimum atomic E-state index is 0.960. The van der Waals surface area contributed by atoms with Crippen molar-refractivity contribution in [3.63, 3.8) is 0 Å². The Morgan fingerprint density at radius 1 is 1.36 bits per heavy atom. The molecule has 0 spiro atoms. The molecule has 2 rings (SSSR count). The molecule has 0 radical (unpaired) electrons. The molecule has 76 valence electrons. The van der Waals surface area contributed by atoms with Crippen LogP contribution in [0.5, 0.6) is 0 Å². The maximum atomic E-state index is 5.94. The van der Waals surface area contributed by atoms with Crippen molar-refractivity contribution in [2.45, 2.75) is 32.9 Å². The van der Waals surface area contributed by atoms with Crippen molar-refractivity contribution >= 4 is 5.69 Å². The highest BCUT2D eigenvalue weighted by molar-refractivity contribution is 5.52. The van der Waals surface area contributed by atoms with E-state index in [-0.39, 0.29) is 0 Å². The highest BCUT2D eigenvalue weighted by Crippen LogP contribution is 2.27. The predicted molar refractivity (Wildman–Crippen MR) is 59.9 cm³/mol. The molecule has 2 N–H and O–H groups in total. The van der Waals surface area contributed by atoms with E-state index in [1.807, 2.05) is 6.07 Å². The van der Waals surface area contributed by atoms with Crippen molar-refractivity contribution in [3.8, 4) is 0 Å². The lowest BCUT2D eigenvalue weighted by atomic mass is 10.1. The number of fused-ring (bicyclic) bond motifs is 1. The van der Waals surface area contributed by atoms with Gasteiger partial charge >= 0.3 is 0 Å². The Morgan fingerprint density at radius 2 is 2.21 bits per heavy atom. The molecule has 2 heteroatoms. The minimum Gasteiger partial charge on any atom is -0.398 e. The Balaban J connectivity index is 2.06. The number of nitrogens with zero attached hydrogens (tertiary/aromatic N) is 1. The van der Waals surface area contributed by atoms with Crippen LogP contribution in [0.1, 0.15) is 30.9 Å². The molecule has 1 aromatic rings. The van der Waals surface area contributed by atoms with Gasteiger partial charge in [-0.05, 0) is 30.2 Å². The molecule has 0 atom stereocenters. The number of nitrogens with two attached hydrogens (primary N) is 1. The van der Waals surface area contributed by atoms with Crippen molar-refractivity contribution < 1.29 is 0 Å². The predicted octanol–water partition coefficient (Wildman–Crippen LogP) is 2.38. The van der Waals surface area contributed by atoms with Crippen LogP contribution in [0.15, 0.2) is 18.2 Å². The van der Waals surface area contributed by atoms with Gasteiger partial charge in [0.2, 0.25) is 0 Å². The van der Waals surface area contributed by atoms with E-state index in [2.05, 4.69) is 24.0 Å². The first-order valence-electron chi connectivity index (χ1n) is 5.40. The first-order valence-corrected chi connectivity index (χ1v) is 5.40. The van der Waals surface area contributed by atoms with Crippen LogP contribution in [0.2, 0.25) is 0 Å². The van der Waals surface area contributed by atoms with Gasteiger partial charge in [0.25, 0.3) is 0 Å². The van der Waals surface area contributed by atoms with Crippen LogP contribution in [0.25, 0.3) is 0 Å². The number of rotatable bonds is 3. The molecule has 0 amide bonds. The van der Waals surface area contributed by atoms with Crippen molar-refractivity contribution in [1.29, 1.82) is 0 Å². The van der Waals surface area contributed by atoms with Gasteiger partial charge in [-0.2, -0.15) is 0 Å². The SMILES string of the molecule is CCCCN1Cc2cccc(N)c2C1. The van der Waals surface area contributed by atoms with Crippen LogP contribution in [-0.4, -0.2) is 11.4 Å². The highest BCUT2D eigenvalue weighted by atomic mass is 15.1. The number of hydrogen-bond donors (Lipinski definition) is 1. The molecular weight excluding hydrogens is 172 g/mol. The standard InChI is InChI=1S/C12H18N2/c1-2-3-7-14-8-10-5-4-6-12(13)11(10)9-14/h4-6H,2-3,7-9,13H2,1H3. The molecule has 0 bridgehead atoms. The fourth-order valence-corrected chi connectivity index (χ4v) is 2.06. The van der Waals surface area contributed by atoms with Crippen LogP contribution >= 0.6 is 0 Å². The van der Waals surface area contributed by atoms with Crippen molar-refractivity contribution in [1.82, 2.24) is 4.90 Å². The van der Waals surface area contributed by atoms with E-state index in [9.17, 15) is 0 Å². The molecule has 0 unspecified atom stereocenters. The summed E-state index contributed by atoms with van der Waals surface area (Å²) in [7, 11) is 0. The summed E-state index contributed by atoms with van der Waals surface area (Å²) in [4.78, 5) is 2.48. The van der Waals surface area contributed by atoms with Gasteiger partial charge in [0.05, 0.1) is 0 Å². The molecule has 0 aromatic heterocycles. The Morgan fingerprint density at radius 3 is 2.93 bits per heavy atom. The summed E-state index contributed by atoms with van der Waals surface area (Å²) in [6.45, 7) is 5.56. The van der Waals surface area contributed by atoms with E-state index >= 15 is 0 Å². The molecular formula is C12H18N2. The van der Waals surface area contributed by atoms with Crippen LogP contribution in [0.4, 0.5) is 5.69 Å². The molecule has 1 aromatic carbocycles. The summed E-state index contributed by atoms with van der Waals surface area (Å²) in [6.07, 6.45) is 2.55. The minimum absolute atomic E-state index is 0.960. The summed E-state index contributed by atoms with van der Waals surface area (Å²) < 4.78 is 0. The maximum Gasteiger partial charge on any atom is 0.0363 e. The Kier molecular flexibility index (Phi) is 2.73. The van der Waals surface area contributed by atoms with Crippen LogP contribution in [0.3, 0.4) is 0 Å². The summed E-state index contributed by atoms with van der Waals surface area (Å²) in [5.41, 5.74) is 9.66. The summed E-state index contributed by atoms with van der Waals surface area (Å²) in [5, 5.41) is 0. The zero-order valence-electron chi connectivity index (χ0n) is 8.79. The number of hydrogen-bond acceptors (Lipinski definition) is 2. The lowest BCUT2D eigenvalue weighted by Crippen LogP contribution is -2.17. The zero-order chi connectivity index (χ0) is 9.97. The third-order valence-electron chi connectivity index (χ3n) is 2.91. The lowest BCUT2D eigenvalue weighted by Gasteiger charge is -2.13. The third kappa shape index (κ3) is 1.75. The Bertz CT molecular complexity index is 320. The molecule has 0 aliphatic carbocycles. The van der Waals surface area contributed by atoms with Crippen LogP contribution < -0.4 is 5.73 Å². The van der Waals surface area contributed by atoms with Crippen LogP contribution in [0, 0.1) is 0 Å². The highest BCUT2D eigenvalue weighted by Gasteiger charge is 2.19. The van der Waals surface area contributed by atoms with Gasteiger partial charge in [-0.15, -0.1) is 0 Å². The zero-order valence-corrected chi connectivity index (χ0v) is 8.79. The molecule has 0 saturated carbocycles. The van der Waals surface area contributed by atoms with Crippen LogP contribution in [-0.2, 0) is 13.1 Å². The second-order valence-electron chi connectivity index (χ2n) is 4.05. The first-order chi connectivity index (χ1) is 6.81.